The van der Waals surface area contributed by atoms with Crippen LogP contribution in [0.1, 0.15) is 54.4 Å². The van der Waals surface area contributed by atoms with Gasteiger partial charge in [0.15, 0.2) is 0 Å². The van der Waals surface area contributed by atoms with Gasteiger partial charge in [-0.05, 0) is 48.3 Å². The van der Waals surface area contributed by atoms with Gasteiger partial charge < -0.3 is 11.1 Å². The number of amides is 1. The number of carbonyl (C=O) groups excluding carboxylic acids is 1. The Kier molecular flexibility index (Phi) is 5.12. The first-order valence-corrected chi connectivity index (χ1v) is 9.98. The average Bonchev–Trinajstić information content (AvgIpc) is 2.91. The van der Waals surface area contributed by atoms with Gasteiger partial charge in [0.2, 0.25) is 0 Å². The van der Waals surface area contributed by atoms with Gasteiger partial charge in [-0.1, -0.05) is 50.9 Å². The van der Waals surface area contributed by atoms with Crippen molar-refractivity contribution in [2.75, 3.05) is 11.1 Å². The quantitative estimate of drug-likeness (QED) is 0.710. The van der Waals surface area contributed by atoms with Crippen molar-refractivity contribution in [3.63, 3.8) is 0 Å². The predicted molar refractivity (Wildman–Crippen MR) is 108 cm³/mol. The van der Waals surface area contributed by atoms with E-state index < -0.39 is 0 Å². The molecule has 3 rings (SSSR count). The molecular formula is C20H25ClN2OS. The number of anilines is 2. The fourth-order valence-corrected chi connectivity index (χ4v) is 4.94. The Hall–Kier alpha value is -1.52. The standard InChI is InChI=1S/C20H25ClN2OS/c1-4-20(2,3)12-9-10-13-16(11-12)25-18(22)17(13)19(24)23-15-8-6-5-7-14(15)21/h5-8,12H,4,9-11,22H2,1-3H3,(H,23,24)/t12-/m0/s1. The van der Waals surface area contributed by atoms with Crippen molar-refractivity contribution in [3.05, 3.63) is 45.3 Å². The van der Waals surface area contributed by atoms with Crippen LogP contribution in [0.25, 0.3) is 0 Å². The van der Waals surface area contributed by atoms with E-state index in [1.54, 1.807) is 23.5 Å². The number of para-hydroxylation sites is 1. The lowest BCUT2D eigenvalue weighted by Crippen LogP contribution is -2.29. The molecule has 3 N–H and O–H groups in total. The molecule has 1 aliphatic rings. The Morgan fingerprint density at radius 3 is 2.80 bits per heavy atom. The second-order valence-corrected chi connectivity index (χ2v) is 9.00. The highest BCUT2D eigenvalue weighted by molar-refractivity contribution is 7.16. The largest absolute Gasteiger partial charge is 0.390 e. The van der Waals surface area contributed by atoms with Gasteiger partial charge >= 0.3 is 0 Å². The molecule has 1 atom stereocenters. The maximum atomic E-state index is 12.8. The average molecular weight is 377 g/mol. The van der Waals surface area contributed by atoms with Gasteiger partial charge in [0.05, 0.1) is 21.3 Å². The highest BCUT2D eigenvalue weighted by atomic mass is 35.5. The van der Waals surface area contributed by atoms with Crippen LogP contribution in [0, 0.1) is 11.3 Å². The minimum Gasteiger partial charge on any atom is -0.390 e. The zero-order valence-corrected chi connectivity index (χ0v) is 16.6. The van der Waals surface area contributed by atoms with Crippen molar-refractivity contribution in [1.82, 2.24) is 0 Å². The molecule has 25 heavy (non-hydrogen) atoms. The molecule has 5 heteroatoms. The number of halogens is 1. The van der Waals surface area contributed by atoms with Gasteiger partial charge in [-0.2, -0.15) is 0 Å². The molecule has 1 aliphatic carbocycles. The van der Waals surface area contributed by atoms with Crippen LogP contribution in [0.3, 0.4) is 0 Å². The highest BCUT2D eigenvalue weighted by Gasteiger charge is 2.34. The van der Waals surface area contributed by atoms with Crippen LogP contribution in [-0.4, -0.2) is 5.91 Å². The summed E-state index contributed by atoms with van der Waals surface area (Å²) < 4.78 is 0. The molecule has 1 aromatic heterocycles. The zero-order valence-electron chi connectivity index (χ0n) is 15.0. The van der Waals surface area contributed by atoms with E-state index in [-0.39, 0.29) is 5.91 Å². The van der Waals surface area contributed by atoms with Crippen molar-refractivity contribution < 1.29 is 4.79 Å². The summed E-state index contributed by atoms with van der Waals surface area (Å²) in [6.07, 6.45) is 4.21. The summed E-state index contributed by atoms with van der Waals surface area (Å²) in [5, 5.41) is 4.06. The van der Waals surface area contributed by atoms with E-state index in [9.17, 15) is 4.79 Å². The number of nitrogen functional groups attached to an aromatic ring is 1. The van der Waals surface area contributed by atoms with Crippen LogP contribution in [0.5, 0.6) is 0 Å². The van der Waals surface area contributed by atoms with Crippen molar-refractivity contribution in [2.24, 2.45) is 11.3 Å². The third kappa shape index (κ3) is 3.56. The molecule has 1 amide bonds. The third-order valence-corrected chi connectivity index (χ3v) is 7.07. The minimum atomic E-state index is -0.156. The van der Waals surface area contributed by atoms with Crippen LogP contribution in [0.2, 0.25) is 5.02 Å². The van der Waals surface area contributed by atoms with Gasteiger partial charge in [-0.25, -0.2) is 0 Å². The van der Waals surface area contributed by atoms with Crippen molar-refractivity contribution >= 4 is 39.5 Å². The van der Waals surface area contributed by atoms with Gasteiger partial charge in [0, 0.05) is 4.88 Å². The fraction of sp³-hybridized carbons (Fsp3) is 0.450. The molecule has 3 nitrogen and oxygen atoms in total. The molecule has 0 unspecified atom stereocenters. The Morgan fingerprint density at radius 1 is 1.40 bits per heavy atom. The second-order valence-electron chi connectivity index (χ2n) is 7.46. The highest BCUT2D eigenvalue weighted by Crippen LogP contribution is 2.44. The topological polar surface area (TPSA) is 55.1 Å². The molecule has 0 spiro atoms. The SMILES string of the molecule is CCC(C)(C)[C@H]1CCc2c(sc(N)c2C(=O)Nc2ccccc2Cl)C1. The number of nitrogens with one attached hydrogen (secondary N) is 1. The Morgan fingerprint density at radius 2 is 2.12 bits per heavy atom. The molecule has 0 fully saturated rings. The molecule has 0 bridgehead atoms. The first-order valence-electron chi connectivity index (χ1n) is 8.79. The van der Waals surface area contributed by atoms with Gasteiger partial charge in [-0.3, -0.25) is 4.79 Å². The fourth-order valence-electron chi connectivity index (χ4n) is 3.56. The number of hydrogen-bond acceptors (Lipinski definition) is 3. The molecule has 2 aromatic rings. The molecule has 134 valence electrons. The first-order chi connectivity index (χ1) is 11.8. The third-order valence-electron chi connectivity index (χ3n) is 5.66. The normalized spacial score (nSPS) is 17.2. The van der Waals surface area contributed by atoms with Gasteiger partial charge in [-0.15, -0.1) is 11.3 Å². The summed E-state index contributed by atoms with van der Waals surface area (Å²) in [5.41, 5.74) is 8.94. The zero-order chi connectivity index (χ0) is 18.2. The molecule has 1 aromatic carbocycles. The number of fused-ring (bicyclic) bond motifs is 1. The summed E-state index contributed by atoms with van der Waals surface area (Å²) in [7, 11) is 0. The van der Waals surface area contributed by atoms with Crippen LogP contribution < -0.4 is 11.1 Å². The number of benzene rings is 1. The first kappa shape index (κ1) is 18.3. The van der Waals surface area contributed by atoms with E-state index >= 15 is 0 Å². The summed E-state index contributed by atoms with van der Waals surface area (Å²) in [6.45, 7) is 6.93. The van der Waals surface area contributed by atoms with Gasteiger partial charge in [0.1, 0.15) is 0 Å². The number of rotatable bonds is 4. The second kappa shape index (κ2) is 7.00. The molecule has 0 aliphatic heterocycles. The number of nitrogens with two attached hydrogens (primary N) is 1. The van der Waals surface area contributed by atoms with E-state index in [2.05, 4.69) is 26.1 Å². The van der Waals surface area contributed by atoms with E-state index in [1.165, 1.54) is 4.88 Å². The van der Waals surface area contributed by atoms with Crippen molar-refractivity contribution in [1.29, 1.82) is 0 Å². The lowest BCUT2D eigenvalue weighted by Gasteiger charge is -2.36. The predicted octanol–water partition coefficient (Wildman–Crippen LogP) is 5.78. The molecule has 0 saturated carbocycles. The van der Waals surface area contributed by atoms with Crippen LogP contribution in [0.4, 0.5) is 10.7 Å². The number of hydrogen-bond donors (Lipinski definition) is 2. The van der Waals surface area contributed by atoms with Crippen LogP contribution >= 0.6 is 22.9 Å². The molecular weight excluding hydrogens is 352 g/mol. The molecule has 0 radical (unpaired) electrons. The number of thiophene rings is 1. The minimum absolute atomic E-state index is 0.156. The lowest BCUT2D eigenvalue weighted by molar-refractivity contribution is 0.102. The van der Waals surface area contributed by atoms with Crippen LogP contribution in [-0.2, 0) is 12.8 Å². The Labute approximate surface area is 158 Å². The van der Waals surface area contributed by atoms with E-state index in [4.69, 9.17) is 17.3 Å². The van der Waals surface area contributed by atoms with Crippen molar-refractivity contribution in [2.45, 2.75) is 46.5 Å². The Bertz CT molecular complexity index is 797. The van der Waals surface area contributed by atoms with Crippen molar-refractivity contribution in [3.8, 4) is 0 Å². The Balaban J connectivity index is 1.86. The maximum absolute atomic E-state index is 12.8. The smallest absolute Gasteiger partial charge is 0.258 e. The summed E-state index contributed by atoms with van der Waals surface area (Å²) in [6, 6.07) is 7.26. The maximum Gasteiger partial charge on any atom is 0.258 e. The summed E-state index contributed by atoms with van der Waals surface area (Å²) in [4.78, 5) is 14.1. The van der Waals surface area contributed by atoms with E-state index in [1.807, 2.05) is 12.1 Å². The van der Waals surface area contributed by atoms with E-state index in [0.29, 0.717) is 32.6 Å². The molecule has 0 saturated heterocycles. The van der Waals surface area contributed by atoms with Crippen LogP contribution in [0.15, 0.2) is 24.3 Å². The summed E-state index contributed by atoms with van der Waals surface area (Å²) in [5.74, 6) is 0.485. The summed E-state index contributed by atoms with van der Waals surface area (Å²) >= 11 is 7.73. The van der Waals surface area contributed by atoms with Gasteiger partial charge in [0.25, 0.3) is 5.91 Å². The lowest BCUT2D eigenvalue weighted by atomic mass is 9.69. The number of carbonyl (C=O) groups is 1. The molecule has 1 heterocycles. The monoisotopic (exact) mass is 376 g/mol. The van der Waals surface area contributed by atoms with E-state index in [0.717, 1.165) is 31.2 Å².